The number of halogens is 1. The highest BCUT2D eigenvalue weighted by atomic mass is 32.1. The SMILES string of the molecule is O=C(Cn1cnc2sccc2c1=O)OCc1cc(F)cc2c1OCOC2. The van der Waals surface area contributed by atoms with Gasteiger partial charge in [0.15, 0.2) is 6.79 Å². The van der Waals surface area contributed by atoms with Crippen molar-refractivity contribution in [2.45, 2.75) is 19.8 Å². The van der Waals surface area contributed by atoms with E-state index in [2.05, 4.69) is 4.98 Å². The van der Waals surface area contributed by atoms with Gasteiger partial charge >= 0.3 is 5.97 Å². The van der Waals surface area contributed by atoms with E-state index in [4.69, 9.17) is 14.2 Å². The van der Waals surface area contributed by atoms with Crippen LogP contribution in [0.15, 0.2) is 34.7 Å². The molecule has 7 nitrogen and oxygen atoms in total. The molecule has 0 saturated carbocycles. The number of fused-ring (bicyclic) bond motifs is 2. The Labute approximate surface area is 150 Å². The van der Waals surface area contributed by atoms with Crippen molar-refractivity contribution < 1.29 is 23.4 Å². The minimum atomic E-state index is -0.631. The number of nitrogens with zero attached hydrogens (tertiary/aromatic N) is 2. The molecule has 0 atom stereocenters. The Kier molecular flexibility index (Phi) is 4.39. The summed E-state index contributed by atoms with van der Waals surface area (Å²) >= 11 is 1.35. The van der Waals surface area contributed by atoms with Gasteiger partial charge in [0.05, 0.1) is 18.3 Å². The summed E-state index contributed by atoms with van der Waals surface area (Å²) in [6, 6.07) is 4.24. The maximum atomic E-state index is 13.7. The summed E-state index contributed by atoms with van der Waals surface area (Å²) in [7, 11) is 0. The van der Waals surface area contributed by atoms with Crippen molar-refractivity contribution in [1.29, 1.82) is 0 Å². The number of ether oxygens (including phenoxy) is 3. The van der Waals surface area contributed by atoms with E-state index in [0.717, 1.165) is 0 Å². The monoisotopic (exact) mass is 376 g/mol. The fraction of sp³-hybridized carbons (Fsp3) is 0.235. The van der Waals surface area contributed by atoms with Crippen LogP contribution in [0.3, 0.4) is 0 Å². The van der Waals surface area contributed by atoms with E-state index in [0.29, 0.717) is 27.1 Å². The molecule has 2 aromatic heterocycles. The molecule has 26 heavy (non-hydrogen) atoms. The van der Waals surface area contributed by atoms with E-state index in [1.807, 2.05) is 0 Å². The van der Waals surface area contributed by atoms with Gasteiger partial charge in [0.25, 0.3) is 5.56 Å². The zero-order valence-corrected chi connectivity index (χ0v) is 14.3. The van der Waals surface area contributed by atoms with Gasteiger partial charge in [-0.15, -0.1) is 11.3 Å². The minimum Gasteiger partial charge on any atom is -0.467 e. The molecule has 0 radical (unpaired) electrons. The van der Waals surface area contributed by atoms with Crippen LogP contribution in [-0.4, -0.2) is 22.3 Å². The third kappa shape index (κ3) is 3.18. The average Bonchev–Trinajstić information content (AvgIpc) is 3.11. The minimum absolute atomic E-state index is 0.0568. The van der Waals surface area contributed by atoms with Gasteiger partial charge in [-0.3, -0.25) is 14.2 Å². The van der Waals surface area contributed by atoms with Gasteiger partial charge in [0.2, 0.25) is 0 Å². The van der Waals surface area contributed by atoms with Crippen molar-refractivity contribution in [3.8, 4) is 5.75 Å². The van der Waals surface area contributed by atoms with Crippen molar-refractivity contribution in [1.82, 2.24) is 9.55 Å². The molecular formula is C17H13FN2O5S. The van der Waals surface area contributed by atoms with Gasteiger partial charge in [0.1, 0.15) is 29.5 Å². The third-order valence-corrected chi connectivity index (χ3v) is 4.71. The van der Waals surface area contributed by atoms with Crippen LogP contribution in [0.1, 0.15) is 11.1 Å². The van der Waals surface area contributed by atoms with Crippen molar-refractivity contribution in [2.75, 3.05) is 6.79 Å². The second-order valence-corrected chi connectivity index (χ2v) is 6.54. The molecule has 0 saturated heterocycles. The van der Waals surface area contributed by atoms with Crippen LogP contribution in [0, 0.1) is 5.82 Å². The summed E-state index contributed by atoms with van der Waals surface area (Å²) in [5.74, 6) is -0.634. The Morgan fingerprint density at radius 3 is 3.19 bits per heavy atom. The average molecular weight is 376 g/mol. The number of aromatic nitrogens is 2. The van der Waals surface area contributed by atoms with Crippen LogP contribution in [0.5, 0.6) is 5.75 Å². The number of rotatable bonds is 4. The van der Waals surface area contributed by atoms with Gasteiger partial charge in [-0.2, -0.15) is 0 Å². The van der Waals surface area contributed by atoms with Crippen molar-refractivity contribution in [3.63, 3.8) is 0 Å². The highest BCUT2D eigenvalue weighted by molar-refractivity contribution is 7.16. The summed E-state index contributed by atoms with van der Waals surface area (Å²) in [5.41, 5.74) is 0.665. The largest absolute Gasteiger partial charge is 0.467 e. The summed E-state index contributed by atoms with van der Waals surface area (Å²) in [6.07, 6.45) is 1.31. The topological polar surface area (TPSA) is 79.7 Å². The van der Waals surface area contributed by atoms with Gasteiger partial charge in [-0.1, -0.05) is 0 Å². The molecule has 0 amide bonds. The lowest BCUT2D eigenvalue weighted by atomic mass is 10.1. The first-order chi connectivity index (χ1) is 12.6. The predicted octanol–water partition coefficient (Wildman–Crippen LogP) is 2.21. The highest BCUT2D eigenvalue weighted by Gasteiger charge is 2.18. The molecule has 4 rings (SSSR count). The number of hydrogen-bond acceptors (Lipinski definition) is 7. The second-order valence-electron chi connectivity index (χ2n) is 5.64. The molecule has 1 aliphatic rings. The maximum absolute atomic E-state index is 13.7. The summed E-state index contributed by atoms with van der Waals surface area (Å²) in [6.45, 7) is -0.155. The Bertz CT molecular complexity index is 1050. The molecule has 0 N–H and O–H groups in total. The lowest BCUT2D eigenvalue weighted by Gasteiger charge is -2.20. The molecule has 1 aromatic carbocycles. The summed E-state index contributed by atoms with van der Waals surface area (Å²) < 4.78 is 30.6. The van der Waals surface area contributed by atoms with E-state index in [1.54, 1.807) is 11.4 Å². The molecule has 3 heterocycles. The van der Waals surface area contributed by atoms with Crippen LogP contribution in [0.2, 0.25) is 0 Å². The van der Waals surface area contributed by atoms with Gasteiger partial charge in [-0.25, -0.2) is 9.37 Å². The van der Waals surface area contributed by atoms with Gasteiger partial charge in [-0.05, 0) is 23.6 Å². The number of hydrogen-bond donors (Lipinski definition) is 0. The quantitative estimate of drug-likeness (QED) is 0.650. The van der Waals surface area contributed by atoms with Crippen molar-refractivity contribution >= 4 is 27.5 Å². The number of carbonyl (C=O) groups excluding carboxylic acids is 1. The first-order valence-electron chi connectivity index (χ1n) is 7.72. The first-order valence-corrected chi connectivity index (χ1v) is 8.60. The van der Waals surface area contributed by atoms with Crippen LogP contribution in [0.25, 0.3) is 10.2 Å². The number of esters is 1. The van der Waals surface area contributed by atoms with Crippen LogP contribution < -0.4 is 10.3 Å². The van der Waals surface area contributed by atoms with Gasteiger partial charge in [0, 0.05) is 11.1 Å². The molecule has 0 spiro atoms. The Balaban J connectivity index is 1.48. The number of thiophene rings is 1. The lowest BCUT2D eigenvalue weighted by molar-refractivity contribution is -0.145. The third-order valence-electron chi connectivity index (χ3n) is 3.89. The summed E-state index contributed by atoms with van der Waals surface area (Å²) in [4.78, 5) is 29.1. The Hall–Kier alpha value is -2.78. The molecule has 9 heteroatoms. The zero-order chi connectivity index (χ0) is 18.1. The lowest BCUT2D eigenvalue weighted by Crippen LogP contribution is -2.25. The smallest absolute Gasteiger partial charge is 0.326 e. The molecular weight excluding hydrogens is 363 g/mol. The van der Waals surface area contributed by atoms with Crippen LogP contribution in [0.4, 0.5) is 4.39 Å². The fourth-order valence-corrected chi connectivity index (χ4v) is 3.44. The fourth-order valence-electron chi connectivity index (χ4n) is 2.71. The van der Waals surface area contributed by atoms with E-state index < -0.39 is 11.8 Å². The number of benzene rings is 1. The van der Waals surface area contributed by atoms with E-state index in [1.165, 1.54) is 34.4 Å². The zero-order valence-electron chi connectivity index (χ0n) is 13.4. The maximum Gasteiger partial charge on any atom is 0.326 e. The molecule has 0 fully saturated rings. The molecule has 0 bridgehead atoms. The van der Waals surface area contributed by atoms with Crippen LogP contribution >= 0.6 is 11.3 Å². The Morgan fingerprint density at radius 2 is 2.31 bits per heavy atom. The molecule has 0 unspecified atom stereocenters. The van der Waals surface area contributed by atoms with Gasteiger partial charge < -0.3 is 14.2 Å². The van der Waals surface area contributed by atoms with Crippen LogP contribution in [-0.2, 0) is 34.0 Å². The first kappa shape index (κ1) is 16.7. The summed E-state index contributed by atoms with van der Waals surface area (Å²) in [5, 5.41) is 2.22. The predicted molar refractivity (Wildman–Crippen MR) is 90.4 cm³/mol. The Morgan fingerprint density at radius 1 is 1.42 bits per heavy atom. The van der Waals surface area contributed by atoms with E-state index >= 15 is 0 Å². The standard InChI is InChI=1S/C17H13FN2O5S/c18-12-3-10-6-23-9-25-15(10)11(4-12)7-24-14(21)5-20-8-19-16-13(17(20)22)1-2-26-16/h1-4,8H,5-7,9H2. The highest BCUT2D eigenvalue weighted by Crippen LogP contribution is 2.29. The molecule has 134 valence electrons. The van der Waals surface area contributed by atoms with Crippen molar-refractivity contribution in [3.05, 3.63) is 57.2 Å². The molecule has 0 aliphatic carbocycles. The van der Waals surface area contributed by atoms with Crippen molar-refractivity contribution in [2.24, 2.45) is 0 Å². The normalized spacial score (nSPS) is 13.3. The second kappa shape index (κ2) is 6.85. The number of carbonyl (C=O) groups is 1. The molecule has 3 aromatic rings. The van der Waals surface area contributed by atoms with E-state index in [9.17, 15) is 14.0 Å². The molecule has 1 aliphatic heterocycles. The van der Waals surface area contributed by atoms with E-state index in [-0.39, 0.29) is 32.1 Å².